The molecule has 2 heterocycles. The fourth-order valence-electron chi connectivity index (χ4n) is 2.64. The lowest BCUT2D eigenvalue weighted by atomic mass is 10.1. The first kappa shape index (κ1) is 12.6. The number of ether oxygens (including phenoxy) is 1. The Morgan fingerprint density at radius 1 is 1.35 bits per heavy atom. The predicted molar refractivity (Wildman–Crippen MR) is 66.0 cm³/mol. The van der Waals surface area contributed by atoms with Crippen LogP contribution < -0.4 is 0 Å². The van der Waals surface area contributed by atoms with E-state index in [9.17, 15) is 4.79 Å². The van der Waals surface area contributed by atoms with Gasteiger partial charge in [0.2, 0.25) is 0 Å². The van der Waals surface area contributed by atoms with Crippen molar-refractivity contribution in [2.75, 3.05) is 60.0 Å². The molecule has 0 aromatic carbocycles. The summed E-state index contributed by atoms with van der Waals surface area (Å²) in [5, 5.41) is 0. The van der Waals surface area contributed by atoms with Crippen molar-refractivity contribution in [3.63, 3.8) is 0 Å². The molecule has 0 radical (unpaired) electrons. The van der Waals surface area contributed by atoms with Crippen LogP contribution in [0.5, 0.6) is 0 Å². The summed E-state index contributed by atoms with van der Waals surface area (Å²) < 4.78 is 5.26. The zero-order valence-electron chi connectivity index (χ0n) is 10.9. The average molecular weight is 241 g/mol. The van der Waals surface area contributed by atoms with Gasteiger partial charge in [-0.1, -0.05) is 0 Å². The second-order valence-corrected chi connectivity index (χ2v) is 5.18. The minimum atomic E-state index is 0.155. The molecule has 1 unspecified atom stereocenters. The van der Waals surface area contributed by atoms with E-state index in [0.717, 1.165) is 32.7 Å². The number of hydrogen-bond donors (Lipinski definition) is 0. The highest BCUT2D eigenvalue weighted by molar-refractivity contribution is 5.74. The number of nitrogens with zero attached hydrogens (tertiary/aromatic N) is 3. The Morgan fingerprint density at radius 2 is 2.06 bits per heavy atom. The summed E-state index contributed by atoms with van der Waals surface area (Å²) in [6, 6.07) is 0.155. The van der Waals surface area contributed by atoms with Crippen molar-refractivity contribution < 1.29 is 9.53 Å². The standard InChI is InChI=1S/C12H23N3O2/c1-13-4-3-11(9-13)10-14(2)12(16)15-5-7-17-8-6-15/h11H,3-10H2,1-2H3. The summed E-state index contributed by atoms with van der Waals surface area (Å²) in [4.78, 5) is 18.2. The molecular formula is C12H23N3O2. The van der Waals surface area contributed by atoms with Crippen LogP contribution in [0.1, 0.15) is 6.42 Å². The summed E-state index contributed by atoms with van der Waals surface area (Å²) in [7, 11) is 4.06. The van der Waals surface area contributed by atoms with Crippen LogP contribution in [0.25, 0.3) is 0 Å². The smallest absolute Gasteiger partial charge is 0.319 e. The number of rotatable bonds is 2. The number of carbonyl (C=O) groups excluding carboxylic acids is 1. The molecule has 2 rings (SSSR count). The molecule has 1 atom stereocenters. The number of morpholine rings is 1. The van der Waals surface area contributed by atoms with Gasteiger partial charge in [0.05, 0.1) is 13.2 Å². The van der Waals surface area contributed by atoms with Crippen molar-refractivity contribution in [3.05, 3.63) is 0 Å². The summed E-state index contributed by atoms with van der Waals surface area (Å²) in [5.74, 6) is 0.634. The second kappa shape index (κ2) is 5.69. The van der Waals surface area contributed by atoms with Crippen molar-refractivity contribution in [1.82, 2.24) is 14.7 Å². The summed E-state index contributed by atoms with van der Waals surface area (Å²) in [6.07, 6.45) is 1.21. The molecule has 0 aliphatic carbocycles. The first-order valence-electron chi connectivity index (χ1n) is 6.43. The second-order valence-electron chi connectivity index (χ2n) is 5.18. The van der Waals surface area contributed by atoms with Crippen molar-refractivity contribution in [2.45, 2.75) is 6.42 Å². The maximum atomic E-state index is 12.2. The third-order valence-corrected chi connectivity index (χ3v) is 3.63. The zero-order chi connectivity index (χ0) is 12.3. The number of likely N-dealkylation sites (tertiary alicyclic amines) is 1. The number of carbonyl (C=O) groups is 1. The van der Waals surface area contributed by atoms with E-state index >= 15 is 0 Å². The molecule has 0 N–H and O–H groups in total. The van der Waals surface area contributed by atoms with Gasteiger partial charge in [-0.2, -0.15) is 0 Å². The monoisotopic (exact) mass is 241 g/mol. The lowest BCUT2D eigenvalue weighted by molar-refractivity contribution is 0.0443. The molecule has 0 aromatic rings. The Labute approximate surface area is 103 Å². The molecule has 17 heavy (non-hydrogen) atoms. The SMILES string of the molecule is CN1CCC(CN(C)C(=O)N2CCOCC2)C1. The fraction of sp³-hybridized carbons (Fsp3) is 0.917. The Kier molecular flexibility index (Phi) is 4.23. The minimum Gasteiger partial charge on any atom is -0.378 e. The van der Waals surface area contributed by atoms with Gasteiger partial charge in [0.25, 0.3) is 0 Å². The molecule has 0 aromatic heterocycles. The number of hydrogen-bond acceptors (Lipinski definition) is 3. The first-order valence-corrected chi connectivity index (χ1v) is 6.43. The zero-order valence-corrected chi connectivity index (χ0v) is 10.9. The summed E-state index contributed by atoms with van der Waals surface area (Å²) in [6.45, 7) is 5.95. The van der Waals surface area contributed by atoms with E-state index in [1.807, 2.05) is 16.8 Å². The fourth-order valence-corrected chi connectivity index (χ4v) is 2.64. The normalized spacial score (nSPS) is 26.2. The Bertz CT molecular complexity index is 266. The van der Waals surface area contributed by atoms with Crippen LogP contribution in [0.3, 0.4) is 0 Å². The highest BCUT2D eigenvalue weighted by Crippen LogP contribution is 2.16. The van der Waals surface area contributed by atoms with Gasteiger partial charge in [-0.3, -0.25) is 0 Å². The van der Waals surface area contributed by atoms with E-state index < -0.39 is 0 Å². The lowest BCUT2D eigenvalue weighted by Gasteiger charge is -2.32. The van der Waals surface area contributed by atoms with Crippen LogP contribution in [-0.2, 0) is 4.74 Å². The van der Waals surface area contributed by atoms with Crippen molar-refractivity contribution in [3.8, 4) is 0 Å². The van der Waals surface area contributed by atoms with Crippen LogP contribution in [0.4, 0.5) is 4.79 Å². The molecule has 2 aliphatic rings. The van der Waals surface area contributed by atoms with Crippen molar-refractivity contribution in [2.24, 2.45) is 5.92 Å². The molecule has 2 aliphatic heterocycles. The van der Waals surface area contributed by atoms with Gasteiger partial charge in [0.15, 0.2) is 0 Å². The maximum Gasteiger partial charge on any atom is 0.319 e. The van der Waals surface area contributed by atoms with Gasteiger partial charge in [-0.25, -0.2) is 4.79 Å². The molecule has 5 nitrogen and oxygen atoms in total. The van der Waals surface area contributed by atoms with E-state index in [-0.39, 0.29) is 6.03 Å². The van der Waals surface area contributed by atoms with Gasteiger partial charge in [0, 0.05) is 33.2 Å². The van der Waals surface area contributed by atoms with Crippen molar-refractivity contribution in [1.29, 1.82) is 0 Å². The molecule has 0 bridgehead atoms. The average Bonchev–Trinajstić information content (AvgIpc) is 2.75. The predicted octanol–water partition coefficient (Wildman–Crippen LogP) is 0.322. The van der Waals surface area contributed by atoms with Gasteiger partial charge >= 0.3 is 6.03 Å². The van der Waals surface area contributed by atoms with E-state index in [1.54, 1.807) is 0 Å². The largest absolute Gasteiger partial charge is 0.378 e. The van der Waals surface area contributed by atoms with Gasteiger partial charge in [0.1, 0.15) is 0 Å². The van der Waals surface area contributed by atoms with Crippen LogP contribution >= 0.6 is 0 Å². The van der Waals surface area contributed by atoms with E-state index in [2.05, 4.69) is 11.9 Å². The summed E-state index contributed by atoms with van der Waals surface area (Å²) >= 11 is 0. The van der Waals surface area contributed by atoms with Crippen LogP contribution in [0, 0.1) is 5.92 Å². The van der Waals surface area contributed by atoms with Gasteiger partial charge in [-0.05, 0) is 25.9 Å². The van der Waals surface area contributed by atoms with Crippen LogP contribution in [0.2, 0.25) is 0 Å². The third-order valence-electron chi connectivity index (χ3n) is 3.63. The van der Waals surface area contributed by atoms with Gasteiger partial charge < -0.3 is 19.4 Å². The summed E-state index contributed by atoms with van der Waals surface area (Å²) in [5.41, 5.74) is 0. The Balaban J connectivity index is 1.78. The third kappa shape index (κ3) is 3.33. The molecule has 0 spiro atoms. The maximum absolute atomic E-state index is 12.2. The number of urea groups is 1. The first-order chi connectivity index (χ1) is 8.16. The molecule has 2 saturated heterocycles. The highest BCUT2D eigenvalue weighted by atomic mass is 16.5. The Morgan fingerprint density at radius 3 is 2.65 bits per heavy atom. The molecule has 98 valence electrons. The van der Waals surface area contributed by atoms with Crippen LogP contribution in [0.15, 0.2) is 0 Å². The van der Waals surface area contributed by atoms with E-state index in [0.29, 0.717) is 19.1 Å². The topological polar surface area (TPSA) is 36.0 Å². The lowest BCUT2D eigenvalue weighted by Crippen LogP contribution is -2.48. The molecule has 2 amide bonds. The minimum absolute atomic E-state index is 0.155. The van der Waals surface area contributed by atoms with Crippen LogP contribution in [-0.4, -0.2) is 80.8 Å². The number of amides is 2. The molecular weight excluding hydrogens is 218 g/mol. The molecule has 5 heteroatoms. The Hall–Kier alpha value is -0.810. The van der Waals surface area contributed by atoms with Gasteiger partial charge in [-0.15, -0.1) is 0 Å². The quantitative estimate of drug-likeness (QED) is 0.698. The molecule has 2 fully saturated rings. The highest BCUT2D eigenvalue weighted by Gasteiger charge is 2.25. The van der Waals surface area contributed by atoms with Crippen molar-refractivity contribution >= 4 is 6.03 Å². The van der Waals surface area contributed by atoms with E-state index in [4.69, 9.17) is 4.74 Å². The molecule has 0 saturated carbocycles. The van der Waals surface area contributed by atoms with E-state index in [1.165, 1.54) is 6.42 Å².